The minimum Gasteiger partial charge on any atom is -0.342 e. The van der Waals surface area contributed by atoms with Gasteiger partial charge >= 0.3 is 0 Å². The number of nitrogens with zero attached hydrogens (tertiary/aromatic N) is 2. The van der Waals surface area contributed by atoms with Crippen molar-refractivity contribution in [2.45, 2.75) is 23.1 Å². The van der Waals surface area contributed by atoms with Crippen LogP contribution in [0.25, 0.3) is 6.08 Å². The van der Waals surface area contributed by atoms with Gasteiger partial charge in [-0.1, -0.05) is 53.8 Å². The molecule has 0 bridgehead atoms. The van der Waals surface area contributed by atoms with Gasteiger partial charge in [-0.25, -0.2) is 18.5 Å². The van der Waals surface area contributed by atoms with E-state index in [9.17, 15) is 8.42 Å². The van der Waals surface area contributed by atoms with Crippen LogP contribution in [0.5, 0.6) is 0 Å². The van der Waals surface area contributed by atoms with E-state index in [0.717, 1.165) is 36.3 Å². The lowest BCUT2D eigenvalue weighted by atomic mass is 10.1. The Kier molecular flexibility index (Phi) is 4.28. The summed E-state index contributed by atoms with van der Waals surface area (Å²) in [5.74, 6) is 0. The Bertz CT molecular complexity index is 769. The molecule has 0 radical (unpaired) electrons. The molecule has 3 rings (SSSR count). The summed E-state index contributed by atoms with van der Waals surface area (Å²) in [4.78, 5) is 6.36. The highest BCUT2D eigenvalue weighted by Gasteiger charge is 2.26. The Balaban J connectivity index is 1.79. The van der Waals surface area contributed by atoms with Crippen LogP contribution >= 0.6 is 11.3 Å². The van der Waals surface area contributed by atoms with Crippen molar-refractivity contribution < 1.29 is 8.42 Å². The maximum Gasteiger partial charge on any atom is 0.249 e. The number of aromatic nitrogens is 1. The molecule has 0 saturated carbocycles. The zero-order valence-corrected chi connectivity index (χ0v) is 13.6. The van der Waals surface area contributed by atoms with Crippen molar-refractivity contribution in [3.05, 3.63) is 48.2 Å². The summed E-state index contributed by atoms with van der Waals surface area (Å²) in [6.07, 6.45) is 7.69. The zero-order chi connectivity index (χ0) is 15.6. The largest absolute Gasteiger partial charge is 0.342 e. The molecule has 1 aromatic carbocycles. The molecule has 1 aliphatic heterocycles. The summed E-state index contributed by atoms with van der Waals surface area (Å²) in [5, 5.41) is 5.86. The lowest BCUT2D eigenvalue weighted by Gasteiger charge is -2.21. The van der Waals surface area contributed by atoms with Crippen molar-refractivity contribution >= 4 is 32.6 Å². The molecule has 5 nitrogen and oxygen atoms in total. The molecule has 1 saturated heterocycles. The molecule has 1 aliphatic rings. The van der Waals surface area contributed by atoms with E-state index in [1.54, 1.807) is 0 Å². The lowest BCUT2D eigenvalue weighted by molar-refractivity contribution is 0.599. The van der Waals surface area contributed by atoms with E-state index in [1.165, 1.54) is 6.20 Å². The van der Waals surface area contributed by atoms with Crippen LogP contribution in [0, 0.1) is 0 Å². The third-order valence-electron chi connectivity index (χ3n) is 3.61. The number of hydrogen-bond donors (Lipinski definition) is 1. The van der Waals surface area contributed by atoms with E-state index in [2.05, 4.69) is 34.2 Å². The van der Waals surface area contributed by atoms with E-state index in [-0.39, 0.29) is 10.3 Å². The Morgan fingerprint density at radius 1 is 1.32 bits per heavy atom. The summed E-state index contributed by atoms with van der Waals surface area (Å²) in [6, 6.07) is 10.3. The third-order valence-corrected chi connectivity index (χ3v) is 6.05. The predicted molar refractivity (Wildman–Crippen MR) is 89.3 cm³/mol. The second-order valence-electron chi connectivity index (χ2n) is 5.18. The Labute approximate surface area is 134 Å². The summed E-state index contributed by atoms with van der Waals surface area (Å²) >= 11 is 1.13. The first-order valence-corrected chi connectivity index (χ1v) is 9.39. The quantitative estimate of drug-likeness (QED) is 0.931. The molecule has 0 aliphatic carbocycles. The molecule has 1 atom stereocenters. The normalized spacial score (nSPS) is 19.1. The minimum atomic E-state index is -3.67. The molecule has 1 aromatic heterocycles. The van der Waals surface area contributed by atoms with Crippen molar-refractivity contribution in [2.24, 2.45) is 5.14 Å². The molecular weight excluding hydrogens is 318 g/mol. The maximum absolute atomic E-state index is 11.4. The number of hydrogen-bond acceptors (Lipinski definition) is 5. The van der Waals surface area contributed by atoms with Crippen LogP contribution in [0.3, 0.4) is 0 Å². The highest BCUT2D eigenvalue weighted by Crippen LogP contribution is 2.31. The van der Waals surface area contributed by atoms with Gasteiger partial charge in [-0.15, -0.1) is 0 Å². The van der Waals surface area contributed by atoms with E-state index in [4.69, 9.17) is 5.14 Å². The molecule has 1 fully saturated rings. The average molecular weight is 335 g/mol. The van der Waals surface area contributed by atoms with Gasteiger partial charge in [0, 0.05) is 12.6 Å². The van der Waals surface area contributed by atoms with Crippen molar-refractivity contribution in [1.29, 1.82) is 0 Å². The van der Waals surface area contributed by atoms with E-state index < -0.39 is 10.0 Å². The second-order valence-corrected chi connectivity index (χ2v) is 7.98. The molecule has 22 heavy (non-hydrogen) atoms. The highest BCUT2D eigenvalue weighted by atomic mass is 32.2. The van der Waals surface area contributed by atoms with Gasteiger partial charge in [0.1, 0.15) is 0 Å². The first-order chi connectivity index (χ1) is 10.5. The van der Waals surface area contributed by atoms with E-state index in [0.29, 0.717) is 5.13 Å². The summed E-state index contributed by atoms with van der Waals surface area (Å²) < 4.78 is 22.8. The fourth-order valence-corrected chi connectivity index (χ4v) is 4.15. The van der Waals surface area contributed by atoms with Gasteiger partial charge in [-0.2, -0.15) is 0 Å². The van der Waals surface area contributed by atoms with Gasteiger partial charge in [0.2, 0.25) is 10.0 Å². The summed E-state index contributed by atoms with van der Waals surface area (Å²) in [7, 11) is -3.67. The van der Waals surface area contributed by atoms with Crippen LogP contribution in [0.4, 0.5) is 5.13 Å². The first kappa shape index (κ1) is 15.2. The fraction of sp³-hybridized carbons (Fsp3) is 0.267. The van der Waals surface area contributed by atoms with Gasteiger partial charge in [0.25, 0.3) is 0 Å². The molecule has 0 spiro atoms. The van der Waals surface area contributed by atoms with Gasteiger partial charge in [-0.3, -0.25) is 0 Å². The number of thiazole rings is 1. The molecule has 116 valence electrons. The number of rotatable bonds is 4. The molecular formula is C15H17N3O2S2. The monoisotopic (exact) mass is 335 g/mol. The summed E-state index contributed by atoms with van der Waals surface area (Å²) in [6.45, 7) is 0.876. The number of nitrogens with two attached hydrogens (primary N) is 1. The zero-order valence-electron chi connectivity index (χ0n) is 11.9. The molecule has 2 aromatic rings. The topological polar surface area (TPSA) is 76.3 Å². The van der Waals surface area contributed by atoms with Gasteiger partial charge in [0.05, 0.1) is 6.20 Å². The summed E-state index contributed by atoms with van der Waals surface area (Å²) in [5.41, 5.74) is 1.15. The predicted octanol–water partition coefficient (Wildman–Crippen LogP) is 2.47. The Morgan fingerprint density at radius 3 is 2.77 bits per heavy atom. The molecule has 7 heteroatoms. The van der Waals surface area contributed by atoms with Crippen molar-refractivity contribution in [1.82, 2.24) is 4.98 Å². The van der Waals surface area contributed by atoms with Crippen LogP contribution < -0.4 is 10.0 Å². The standard InChI is InChI=1S/C15H17N3O2S2/c16-22(19,20)14-11-17-15(21-14)18-10-4-7-13(18)9-8-12-5-2-1-3-6-12/h1-3,5-6,8-9,11,13H,4,7,10H2,(H2,16,19,20)/b9-8+. The van der Waals surface area contributed by atoms with Crippen molar-refractivity contribution in [3.63, 3.8) is 0 Å². The SMILES string of the molecule is NS(=O)(=O)c1cnc(N2CCCC2/C=C/c2ccccc2)s1. The van der Waals surface area contributed by atoms with Gasteiger partial charge in [0.15, 0.2) is 9.34 Å². The number of anilines is 1. The number of primary sulfonamides is 1. The van der Waals surface area contributed by atoms with Crippen LogP contribution in [-0.2, 0) is 10.0 Å². The Hall–Kier alpha value is -1.70. The maximum atomic E-state index is 11.4. The molecule has 0 amide bonds. The lowest BCUT2D eigenvalue weighted by Crippen LogP contribution is -2.27. The van der Waals surface area contributed by atoms with E-state index in [1.807, 2.05) is 18.2 Å². The average Bonchev–Trinajstić information content (AvgIpc) is 3.14. The van der Waals surface area contributed by atoms with Crippen LogP contribution in [-0.4, -0.2) is 26.0 Å². The Morgan fingerprint density at radius 2 is 2.09 bits per heavy atom. The van der Waals surface area contributed by atoms with Gasteiger partial charge < -0.3 is 4.90 Å². The number of sulfonamides is 1. The van der Waals surface area contributed by atoms with Crippen LogP contribution in [0.1, 0.15) is 18.4 Å². The molecule has 2 heterocycles. The van der Waals surface area contributed by atoms with Crippen molar-refractivity contribution in [3.8, 4) is 0 Å². The molecule has 2 N–H and O–H groups in total. The highest BCUT2D eigenvalue weighted by molar-refractivity contribution is 7.91. The second kappa shape index (κ2) is 6.20. The van der Waals surface area contributed by atoms with Crippen LogP contribution in [0.15, 0.2) is 46.8 Å². The van der Waals surface area contributed by atoms with Gasteiger partial charge in [-0.05, 0) is 18.4 Å². The van der Waals surface area contributed by atoms with E-state index >= 15 is 0 Å². The molecule has 1 unspecified atom stereocenters. The minimum absolute atomic E-state index is 0.111. The smallest absolute Gasteiger partial charge is 0.249 e. The van der Waals surface area contributed by atoms with Crippen LogP contribution in [0.2, 0.25) is 0 Å². The fourth-order valence-electron chi connectivity index (χ4n) is 2.53. The van der Waals surface area contributed by atoms with Crippen molar-refractivity contribution in [2.75, 3.05) is 11.4 Å². The third kappa shape index (κ3) is 3.37. The number of benzene rings is 1. The first-order valence-electron chi connectivity index (χ1n) is 7.02.